The van der Waals surface area contributed by atoms with Crippen LogP contribution in [0.5, 0.6) is 0 Å². The van der Waals surface area contributed by atoms with Crippen LogP contribution >= 0.6 is 0 Å². The van der Waals surface area contributed by atoms with Crippen LogP contribution < -0.4 is 0 Å². The maximum Gasteiger partial charge on any atom is 0.205 e. The maximum atomic E-state index is 11.3. The lowest BCUT2D eigenvalue weighted by atomic mass is 10.1. The van der Waals surface area contributed by atoms with Crippen LogP contribution in [0.4, 0.5) is 0 Å². The third-order valence-corrected chi connectivity index (χ3v) is 3.49. The number of nitrogens with zero attached hydrogens (tertiary/aromatic N) is 2. The number of hydrazone groups is 1. The van der Waals surface area contributed by atoms with Gasteiger partial charge < -0.3 is 4.67 Å². The second kappa shape index (κ2) is 4.18. The molecule has 0 aliphatic heterocycles. The largest absolute Gasteiger partial charge is 0.330 e. The molecule has 0 bridgehead atoms. The summed E-state index contributed by atoms with van der Waals surface area (Å²) in [5.41, 5.74) is 0.534. The first-order valence-corrected chi connectivity index (χ1v) is 7.14. The zero-order chi connectivity index (χ0) is 9.84. The quantitative estimate of drug-likeness (QED) is 0.372. The maximum absolute atomic E-state index is 11.3. The smallest absolute Gasteiger partial charge is 0.205 e. The summed E-state index contributed by atoms with van der Waals surface area (Å²) in [6.07, 6.45) is 6.84. The molecule has 0 unspecified atom stereocenters. The highest BCUT2D eigenvalue weighted by atomic mass is 28.3. The zero-order valence-corrected chi connectivity index (χ0v) is 9.34. The number of carbonyl (C=O) groups is 1. The Morgan fingerprint density at radius 2 is 1.92 bits per heavy atom. The zero-order valence-electron chi connectivity index (χ0n) is 8.19. The molecule has 0 aromatic heterocycles. The van der Waals surface area contributed by atoms with Crippen molar-refractivity contribution in [2.45, 2.75) is 13.1 Å². The van der Waals surface area contributed by atoms with Gasteiger partial charge in [0.2, 0.25) is 5.78 Å². The van der Waals surface area contributed by atoms with Gasteiger partial charge in [-0.2, -0.15) is 5.10 Å². The third-order valence-electron chi connectivity index (χ3n) is 1.88. The van der Waals surface area contributed by atoms with Crippen molar-refractivity contribution in [3.8, 4) is 0 Å². The van der Waals surface area contributed by atoms with Crippen LogP contribution in [0, 0.1) is 0 Å². The molecule has 0 heterocycles. The first kappa shape index (κ1) is 9.92. The Morgan fingerprint density at radius 1 is 1.31 bits per heavy atom. The normalized spacial score (nSPS) is 18.8. The van der Waals surface area contributed by atoms with Crippen LogP contribution in [0.1, 0.15) is 0 Å². The van der Waals surface area contributed by atoms with Gasteiger partial charge in [-0.05, 0) is 12.2 Å². The van der Waals surface area contributed by atoms with Gasteiger partial charge in [0.15, 0.2) is 8.96 Å². The molecule has 13 heavy (non-hydrogen) atoms. The van der Waals surface area contributed by atoms with Gasteiger partial charge in [-0.25, -0.2) is 0 Å². The van der Waals surface area contributed by atoms with Crippen molar-refractivity contribution in [3.63, 3.8) is 0 Å². The molecule has 0 fully saturated rings. The van der Waals surface area contributed by atoms with Gasteiger partial charge in [-0.15, -0.1) is 0 Å². The lowest BCUT2D eigenvalue weighted by molar-refractivity contribution is -0.108. The Kier molecular flexibility index (Phi) is 3.19. The number of allylic oxidation sites excluding steroid dienone is 4. The first-order valence-electron chi connectivity index (χ1n) is 4.32. The summed E-state index contributed by atoms with van der Waals surface area (Å²) in [7, 11) is 0.993. The van der Waals surface area contributed by atoms with Gasteiger partial charge in [0.05, 0.1) is 0 Å². The van der Waals surface area contributed by atoms with E-state index in [1.807, 2.05) is 17.8 Å². The lowest BCUT2D eigenvalue weighted by Gasteiger charge is -2.17. The van der Waals surface area contributed by atoms with E-state index in [-0.39, 0.29) is 5.78 Å². The number of hydrogen-bond donors (Lipinski definition) is 0. The predicted octanol–water partition coefficient (Wildman–Crippen LogP) is 0.953. The highest BCUT2D eigenvalue weighted by molar-refractivity contribution is 6.53. The Bertz CT molecular complexity index is 292. The van der Waals surface area contributed by atoms with Crippen molar-refractivity contribution < 1.29 is 4.79 Å². The van der Waals surface area contributed by atoms with Gasteiger partial charge in [0.1, 0.15) is 5.71 Å². The highest BCUT2D eigenvalue weighted by Crippen LogP contribution is 1.99. The minimum atomic E-state index is -0.927. The first-order chi connectivity index (χ1) is 6.11. The molecule has 1 aliphatic rings. The molecule has 0 aromatic rings. The summed E-state index contributed by atoms with van der Waals surface area (Å²) in [5.74, 6) is -0.0102. The molecule has 0 amide bonds. The van der Waals surface area contributed by atoms with E-state index in [1.165, 1.54) is 6.08 Å². The molecule has 4 heteroatoms. The standard InChI is InChI=1S/C9H14N2OSi/c1-11(13(2)3)10-8-6-4-5-7-9(8)12/h4-7,13H,1-3H3. The fourth-order valence-electron chi connectivity index (χ4n) is 0.825. The van der Waals surface area contributed by atoms with Crippen molar-refractivity contribution in [2.24, 2.45) is 5.10 Å². The van der Waals surface area contributed by atoms with Crippen LogP contribution in [0.15, 0.2) is 29.4 Å². The van der Waals surface area contributed by atoms with Crippen molar-refractivity contribution in [1.29, 1.82) is 0 Å². The van der Waals surface area contributed by atoms with Gasteiger partial charge >= 0.3 is 0 Å². The molecule has 0 radical (unpaired) electrons. The van der Waals surface area contributed by atoms with Gasteiger partial charge in [0, 0.05) is 7.05 Å². The second-order valence-corrected chi connectivity index (χ2v) is 6.17. The summed E-state index contributed by atoms with van der Waals surface area (Å²) < 4.78 is 1.91. The van der Waals surface area contributed by atoms with Crippen molar-refractivity contribution in [1.82, 2.24) is 4.67 Å². The molecule has 0 atom stereocenters. The number of ketones is 1. The molecule has 3 nitrogen and oxygen atoms in total. The molecule has 0 aromatic carbocycles. The van der Waals surface area contributed by atoms with E-state index in [0.29, 0.717) is 5.71 Å². The topological polar surface area (TPSA) is 32.7 Å². The average molecular weight is 194 g/mol. The summed E-state index contributed by atoms with van der Waals surface area (Å²) in [5, 5.41) is 4.24. The summed E-state index contributed by atoms with van der Waals surface area (Å²) in [6, 6.07) is 0. The Balaban J connectivity index is 2.76. The average Bonchev–Trinajstić information content (AvgIpc) is 2.08. The number of hydrogen-bond acceptors (Lipinski definition) is 3. The van der Waals surface area contributed by atoms with Crippen LogP contribution in [-0.4, -0.2) is 32.2 Å². The highest BCUT2D eigenvalue weighted by Gasteiger charge is 2.09. The fourth-order valence-corrected chi connectivity index (χ4v) is 1.18. The van der Waals surface area contributed by atoms with Crippen LogP contribution in [-0.2, 0) is 4.79 Å². The molecule has 0 N–H and O–H groups in total. The Morgan fingerprint density at radius 3 is 2.46 bits per heavy atom. The molecular weight excluding hydrogens is 180 g/mol. The Labute approximate surface area is 80.1 Å². The van der Waals surface area contributed by atoms with Gasteiger partial charge in [0.25, 0.3) is 0 Å². The SMILES string of the molecule is CN(N=C1C=CC=CC1=O)[SiH](C)C. The van der Waals surface area contributed by atoms with E-state index in [9.17, 15) is 4.79 Å². The minimum absolute atomic E-state index is 0.0102. The predicted molar refractivity (Wildman–Crippen MR) is 57.4 cm³/mol. The summed E-state index contributed by atoms with van der Waals surface area (Å²) in [4.78, 5) is 11.3. The molecule has 1 rings (SSSR count). The second-order valence-electron chi connectivity index (χ2n) is 3.24. The van der Waals surface area contributed by atoms with Gasteiger partial charge in [-0.3, -0.25) is 4.79 Å². The van der Waals surface area contributed by atoms with E-state index >= 15 is 0 Å². The van der Waals surface area contributed by atoms with E-state index in [1.54, 1.807) is 12.2 Å². The van der Waals surface area contributed by atoms with Crippen molar-refractivity contribution in [3.05, 3.63) is 24.3 Å². The van der Waals surface area contributed by atoms with Crippen molar-refractivity contribution >= 4 is 20.5 Å². The molecule has 1 aliphatic carbocycles. The van der Waals surface area contributed by atoms with Crippen LogP contribution in [0.25, 0.3) is 0 Å². The lowest BCUT2D eigenvalue weighted by Crippen LogP contribution is -2.28. The van der Waals surface area contributed by atoms with Crippen LogP contribution in [0.2, 0.25) is 13.1 Å². The summed E-state index contributed by atoms with van der Waals surface area (Å²) >= 11 is 0. The van der Waals surface area contributed by atoms with E-state index in [0.717, 1.165) is 0 Å². The van der Waals surface area contributed by atoms with E-state index in [4.69, 9.17) is 0 Å². The van der Waals surface area contributed by atoms with E-state index in [2.05, 4.69) is 18.2 Å². The molecule has 0 saturated carbocycles. The number of carbonyl (C=O) groups excluding carboxylic acids is 1. The van der Waals surface area contributed by atoms with Crippen LogP contribution in [0.3, 0.4) is 0 Å². The molecule has 0 saturated heterocycles. The fraction of sp³-hybridized carbons (Fsp3) is 0.333. The van der Waals surface area contributed by atoms with E-state index < -0.39 is 8.96 Å². The van der Waals surface area contributed by atoms with Gasteiger partial charge in [-0.1, -0.05) is 25.2 Å². The third kappa shape index (κ3) is 2.66. The van der Waals surface area contributed by atoms with Crippen molar-refractivity contribution in [2.75, 3.05) is 7.05 Å². The Hall–Kier alpha value is -1.16. The molecule has 70 valence electrons. The molecule has 0 spiro atoms. The molecular formula is C9H14N2OSi. The number of rotatable bonds is 2. The minimum Gasteiger partial charge on any atom is -0.330 e. The monoisotopic (exact) mass is 194 g/mol. The summed E-state index contributed by atoms with van der Waals surface area (Å²) in [6.45, 7) is 4.33.